The van der Waals surface area contributed by atoms with Gasteiger partial charge in [0, 0.05) is 5.56 Å². The maximum absolute atomic E-state index is 12.1. The third kappa shape index (κ3) is 3.47. The highest BCUT2D eigenvalue weighted by molar-refractivity contribution is 6.13. The molecule has 0 unspecified atom stereocenters. The van der Waals surface area contributed by atoms with E-state index < -0.39 is 5.97 Å². The Morgan fingerprint density at radius 1 is 0.920 bits per heavy atom. The van der Waals surface area contributed by atoms with Crippen LogP contribution in [0.2, 0.25) is 0 Å². The van der Waals surface area contributed by atoms with Crippen LogP contribution in [0.1, 0.15) is 11.1 Å². The van der Waals surface area contributed by atoms with Gasteiger partial charge in [-0.3, -0.25) is 0 Å². The Labute approximate surface area is 145 Å². The molecule has 128 valence electrons. The van der Waals surface area contributed by atoms with Crippen LogP contribution in [0, 0.1) is 0 Å². The summed E-state index contributed by atoms with van der Waals surface area (Å²) in [7, 11) is 4.70. The Hall–Kier alpha value is -3.28. The Kier molecular flexibility index (Phi) is 4.70. The van der Waals surface area contributed by atoms with Crippen molar-refractivity contribution in [1.82, 2.24) is 0 Å². The molecule has 2 aromatic carbocycles. The van der Waals surface area contributed by atoms with Gasteiger partial charge < -0.3 is 18.9 Å². The number of cyclic esters (lactones) is 1. The number of hydrogen-bond donors (Lipinski definition) is 0. The fourth-order valence-corrected chi connectivity index (χ4v) is 2.36. The molecule has 6 nitrogen and oxygen atoms in total. The zero-order valence-corrected chi connectivity index (χ0v) is 14.1. The van der Waals surface area contributed by atoms with Gasteiger partial charge in [-0.05, 0) is 42.0 Å². The van der Waals surface area contributed by atoms with E-state index in [1.807, 2.05) is 24.3 Å². The summed E-state index contributed by atoms with van der Waals surface area (Å²) < 4.78 is 20.8. The van der Waals surface area contributed by atoms with E-state index in [1.54, 1.807) is 45.6 Å². The summed E-state index contributed by atoms with van der Waals surface area (Å²) in [6.45, 7) is 0. The molecule has 0 atom stereocenters. The van der Waals surface area contributed by atoms with Crippen LogP contribution in [0.5, 0.6) is 17.2 Å². The van der Waals surface area contributed by atoms with Crippen molar-refractivity contribution in [1.29, 1.82) is 0 Å². The standard InChI is InChI=1S/C19H17NO5/c1-22-14-7-4-12(5-8-14)10-15-19(21)25-18(20-15)13-6-9-16(23-2)17(11-13)24-3/h4-11H,1-3H3. The van der Waals surface area contributed by atoms with E-state index in [4.69, 9.17) is 18.9 Å². The summed E-state index contributed by atoms with van der Waals surface area (Å²) in [5, 5.41) is 0. The van der Waals surface area contributed by atoms with Crippen LogP contribution in [0.3, 0.4) is 0 Å². The molecule has 0 saturated carbocycles. The topological polar surface area (TPSA) is 66.3 Å². The molecule has 0 amide bonds. The summed E-state index contributed by atoms with van der Waals surface area (Å²) >= 11 is 0. The third-order valence-electron chi connectivity index (χ3n) is 3.67. The van der Waals surface area contributed by atoms with Crippen LogP contribution >= 0.6 is 0 Å². The van der Waals surface area contributed by atoms with Crippen LogP contribution in [0.25, 0.3) is 6.08 Å². The number of carbonyl (C=O) groups excluding carboxylic acids is 1. The van der Waals surface area contributed by atoms with Crippen LogP contribution in [0.15, 0.2) is 53.2 Å². The maximum Gasteiger partial charge on any atom is 0.363 e. The van der Waals surface area contributed by atoms with Gasteiger partial charge in [-0.2, -0.15) is 0 Å². The first-order valence-electron chi connectivity index (χ1n) is 7.53. The zero-order valence-electron chi connectivity index (χ0n) is 14.1. The molecule has 0 saturated heterocycles. The Morgan fingerprint density at radius 2 is 1.64 bits per heavy atom. The summed E-state index contributed by atoms with van der Waals surface area (Å²) in [4.78, 5) is 16.4. The lowest BCUT2D eigenvalue weighted by Gasteiger charge is -2.08. The number of nitrogens with zero attached hydrogens (tertiary/aromatic N) is 1. The molecule has 0 fully saturated rings. The first-order valence-corrected chi connectivity index (χ1v) is 7.53. The lowest BCUT2D eigenvalue weighted by molar-refractivity contribution is -0.129. The van der Waals surface area contributed by atoms with E-state index in [9.17, 15) is 4.79 Å². The number of aliphatic imine (C=N–C) groups is 1. The number of ether oxygens (including phenoxy) is 4. The molecule has 1 heterocycles. The Balaban J connectivity index is 1.90. The van der Waals surface area contributed by atoms with Crippen molar-refractivity contribution < 1.29 is 23.7 Å². The number of esters is 1. The molecule has 6 heteroatoms. The highest BCUT2D eigenvalue weighted by atomic mass is 16.6. The Bertz CT molecular complexity index is 853. The van der Waals surface area contributed by atoms with Crippen molar-refractivity contribution in [3.63, 3.8) is 0 Å². The number of carbonyl (C=O) groups is 1. The van der Waals surface area contributed by atoms with Crippen LogP contribution in [-0.2, 0) is 9.53 Å². The molecule has 3 rings (SSSR count). The number of rotatable bonds is 5. The number of benzene rings is 2. The van der Waals surface area contributed by atoms with Gasteiger partial charge >= 0.3 is 5.97 Å². The second-order valence-electron chi connectivity index (χ2n) is 5.18. The minimum absolute atomic E-state index is 0.228. The quantitative estimate of drug-likeness (QED) is 0.619. The van der Waals surface area contributed by atoms with Crippen molar-refractivity contribution in [2.45, 2.75) is 0 Å². The van der Waals surface area contributed by atoms with Crippen molar-refractivity contribution >= 4 is 17.9 Å². The number of hydrogen-bond acceptors (Lipinski definition) is 6. The molecule has 25 heavy (non-hydrogen) atoms. The third-order valence-corrected chi connectivity index (χ3v) is 3.67. The molecule has 1 aliphatic rings. The van der Waals surface area contributed by atoms with Gasteiger partial charge in [0.25, 0.3) is 0 Å². The fourth-order valence-electron chi connectivity index (χ4n) is 2.36. The summed E-state index contributed by atoms with van der Waals surface area (Å²) in [5.41, 5.74) is 1.68. The molecule has 0 radical (unpaired) electrons. The predicted octanol–water partition coefficient (Wildman–Crippen LogP) is 3.06. The van der Waals surface area contributed by atoms with Gasteiger partial charge in [0.15, 0.2) is 17.2 Å². The predicted molar refractivity (Wildman–Crippen MR) is 93.1 cm³/mol. The summed E-state index contributed by atoms with van der Waals surface area (Å²) in [5.74, 6) is 1.59. The van der Waals surface area contributed by atoms with Crippen LogP contribution in [0.4, 0.5) is 0 Å². The first kappa shape index (κ1) is 16.6. The second kappa shape index (κ2) is 7.09. The van der Waals surface area contributed by atoms with Crippen molar-refractivity contribution in [2.75, 3.05) is 21.3 Å². The van der Waals surface area contributed by atoms with Crippen LogP contribution < -0.4 is 14.2 Å². The molecule has 0 bridgehead atoms. The van der Waals surface area contributed by atoms with E-state index in [0.29, 0.717) is 17.1 Å². The summed E-state index contributed by atoms with van der Waals surface area (Å²) in [6, 6.07) is 12.5. The van der Waals surface area contributed by atoms with Crippen LogP contribution in [-0.4, -0.2) is 33.2 Å². The average molecular weight is 339 g/mol. The monoisotopic (exact) mass is 339 g/mol. The molecule has 0 aromatic heterocycles. The molecule has 1 aliphatic heterocycles. The fraction of sp³-hybridized carbons (Fsp3) is 0.158. The van der Waals surface area contributed by atoms with Crippen molar-refractivity contribution in [3.8, 4) is 17.2 Å². The lowest BCUT2D eigenvalue weighted by Crippen LogP contribution is -2.05. The Morgan fingerprint density at radius 3 is 2.28 bits per heavy atom. The van der Waals surface area contributed by atoms with Gasteiger partial charge in [-0.15, -0.1) is 0 Å². The molecule has 2 aromatic rings. The molecule has 0 spiro atoms. The van der Waals surface area contributed by atoms with Crippen molar-refractivity contribution in [2.24, 2.45) is 4.99 Å². The minimum atomic E-state index is -0.499. The van der Waals surface area contributed by atoms with E-state index in [-0.39, 0.29) is 11.6 Å². The lowest BCUT2D eigenvalue weighted by atomic mass is 10.2. The smallest absolute Gasteiger partial charge is 0.363 e. The highest BCUT2D eigenvalue weighted by Crippen LogP contribution is 2.29. The van der Waals surface area contributed by atoms with Gasteiger partial charge in [0.05, 0.1) is 21.3 Å². The minimum Gasteiger partial charge on any atom is -0.497 e. The normalized spacial score (nSPS) is 14.9. The molecular weight excluding hydrogens is 322 g/mol. The van der Waals surface area contributed by atoms with E-state index in [1.165, 1.54) is 0 Å². The largest absolute Gasteiger partial charge is 0.497 e. The second-order valence-corrected chi connectivity index (χ2v) is 5.18. The highest BCUT2D eigenvalue weighted by Gasteiger charge is 2.25. The van der Waals surface area contributed by atoms with Crippen molar-refractivity contribution in [3.05, 3.63) is 59.3 Å². The maximum atomic E-state index is 12.1. The zero-order chi connectivity index (χ0) is 17.8. The first-order chi connectivity index (χ1) is 12.1. The average Bonchev–Trinajstić information content (AvgIpc) is 3.02. The van der Waals surface area contributed by atoms with Gasteiger partial charge in [-0.25, -0.2) is 9.79 Å². The van der Waals surface area contributed by atoms with E-state index in [2.05, 4.69) is 4.99 Å². The molecule has 0 aliphatic carbocycles. The summed E-state index contributed by atoms with van der Waals surface area (Å²) in [6.07, 6.45) is 1.66. The number of methoxy groups -OCH3 is 3. The van der Waals surface area contributed by atoms with Gasteiger partial charge in [-0.1, -0.05) is 12.1 Å². The van der Waals surface area contributed by atoms with E-state index in [0.717, 1.165) is 11.3 Å². The molecular formula is C19H17NO5. The molecule has 0 N–H and O–H groups in total. The van der Waals surface area contributed by atoms with Gasteiger partial charge in [0.2, 0.25) is 5.90 Å². The SMILES string of the molecule is COc1ccc(C=C2N=C(c3ccc(OC)c(OC)c3)OC2=O)cc1. The van der Waals surface area contributed by atoms with E-state index >= 15 is 0 Å². The van der Waals surface area contributed by atoms with Gasteiger partial charge in [0.1, 0.15) is 5.75 Å².